The maximum Gasteiger partial charge on any atom is 0.235 e. The van der Waals surface area contributed by atoms with Crippen LogP contribution in [0.2, 0.25) is 0 Å². The van der Waals surface area contributed by atoms with Crippen LogP contribution in [0, 0.1) is 6.92 Å². The van der Waals surface area contributed by atoms with Gasteiger partial charge in [-0.1, -0.05) is 0 Å². The van der Waals surface area contributed by atoms with Gasteiger partial charge in [0.25, 0.3) is 0 Å². The summed E-state index contributed by atoms with van der Waals surface area (Å²) in [7, 11) is 0. The standard InChI is InChI=1S/C7H9N3O/c1-5-3-9-10-6(2)8-4-7(10)11-5/h3-5H,1-2H3. The van der Waals surface area contributed by atoms with E-state index in [-0.39, 0.29) is 6.10 Å². The highest BCUT2D eigenvalue weighted by molar-refractivity contribution is 5.64. The molecule has 1 aliphatic rings. The van der Waals surface area contributed by atoms with Crippen LogP contribution in [0.5, 0.6) is 5.88 Å². The molecule has 4 nitrogen and oxygen atoms in total. The van der Waals surface area contributed by atoms with Crippen molar-refractivity contribution in [1.29, 1.82) is 0 Å². The Hall–Kier alpha value is -1.32. The first-order valence-corrected chi connectivity index (χ1v) is 3.53. The maximum atomic E-state index is 5.40. The van der Waals surface area contributed by atoms with Gasteiger partial charge in [-0.2, -0.15) is 9.78 Å². The summed E-state index contributed by atoms with van der Waals surface area (Å²) >= 11 is 0. The highest BCUT2D eigenvalue weighted by atomic mass is 16.5. The third-order valence-corrected chi connectivity index (χ3v) is 1.58. The molecule has 2 heterocycles. The zero-order chi connectivity index (χ0) is 7.84. The molecule has 0 spiro atoms. The van der Waals surface area contributed by atoms with Crippen molar-refractivity contribution in [2.75, 3.05) is 0 Å². The summed E-state index contributed by atoms with van der Waals surface area (Å²) in [6, 6.07) is 0. The van der Waals surface area contributed by atoms with Crippen molar-refractivity contribution >= 4 is 6.21 Å². The summed E-state index contributed by atoms with van der Waals surface area (Å²) in [5, 5.41) is 4.14. The molecule has 0 bridgehead atoms. The topological polar surface area (TPSA) is 39.4 Å². The molecule has 0 N–H and O–H groups in total. The lowest BCUT2D eigenvalue weighted by Crippen LogP contribution is -2.20. The average Bonchev–Trinajstić information content (AvgIpc) is 2.32. The van der Waals surface area contributed by atoms with Gasteiger partial charge in [0, 0.05) is 0 Å². The lowest BCUT2D eigenvalue weighted by molar-refractivity contribution is 0.257. The van der Waals surface area contributed by atoms with Crippen LogP contribution in [-0.2, 0) is 0 Å². The van der Waals surface area contributed by atoms with Crippen molar-refractivity contribution in [3.05, 3.63) is 12.0 Å². The van der Waals surface area contributed by atoms with E-state index in [0.717, 1.165) is 11.7 Å². The molecule has 0 amide bonds. The fourth-order valence-corrected chi connectivity index (χ4v) is 1.02. The lowest BCUT2D eigenvalue weighted by atomic mass is 10.4. The molecule has 4 heteroatoms. The van der Waals surface area contributed by atoms with E-state index in [2.05, 4.69) is 10.1 Å². The Labute approximate surface area is 64.5 Å². The minimum absolute atomic E-state index is 0.0543. The van der Waals surface area contributed by atoms with Gasteiger partial charge in [0.15, 0.2) is 0 Å². The molecule has 0 saturated carbocycles. The third-order valence-electron chi connectivity index (χ3n) is 1.58. The van der Waals surface area contributed by atoms with Gasteiger partial charge in [-0.05, 0) is 13.8 Å². The van der Waals surface area contributed by atoms with Gasteiger partial charge >= 0.3 is 0 Å². The SMILES string of the molecule is Cc1ncc2n1N=CC(C)O2. The Balaban J connectivity index is 2.48. The highest BCUT2D eigenvalue weighted by Crippen LogP contribution is 2.17. The molecule has 1 aliphatic heterocycles. The van der Waals surface area contributed by atoms with Crippen molar-refractivity contribution < 1.29 is 4.74 Å². The summed E-state index contributed by atoms with van der Waals surface area (Å²) in [4.78, 5) is 4.06. The first-order chi connectivity index (χ1) is 5.27. The molecule has 0 aromatic carbocycles. The molecule has 0 saturated heterocycles. The molecular weight excluding hydrogens is 142 g/mol. The van der Waals surface area contributed by atoms with E-state index in [1.54, 1.807) is 17.1 Å². The molecule has 1 aromatic heterocycles. The molecule has 58 valence electrons. The number of aryl methyl sites for hydroxylation is 1. The number of rotatable bonds is 0. The van der Waals surface area contributed by atoms with Gasteiger partial charge in [-0.15, -0.1) is 0 Å². The molecule has 1 aromatic rings. The van der Waals surface area contributed by atoms with E-state index in [1.807, 2.05) is 13.8 Å². The van der Waals surface area contributed by atoms with Crippen LogP contribution in [0.25, 0.3) is 0 Å². The van der Waals surface area contributed by atoms with Gasteiger partial charge in [-0.3, -0.25) is 0 Å². The van der Waals surface area contributed by atoms with Gasteiger partial charge < -0.3 is 4.74 Å². The van der Waals surface area contributed by atoms with E-state index in [1.165, 1.54) is 0 Å². The van der Waals surface area contributed by atoms with Crippen molar-refractivity contribution in [2.45, 2.75) is 20.0 Å². The normalized spacial score (nSPS) is 21.1. The first kappa shape index (κ1) is 6.39. The van der Waals surface area contributed by atoms with Gasteiger partial charge in [0.1, 0.15) is 11.9 Å². The predicted octanol–water partition coefficient (Wildman–Crippen LogP) is 0.806. The van der Waals surface area contributed by atoms with Gasteiger partial charge in [0.2, 0.25) is 5.88 Å². The Bertz CT molecular complexity index is 303. The molecule has 1 unspecified atom stereocenters. The van der Waals surface area contributed by atoms with Crippen LogP contribution in [-0.4, -0.2) is 22.0 Å². The molecule has 1 atom stereocenters. The smallest absolute Gasteiger partial charge is 0.235 e. The van der Waals surface area contributed by atoms with E-state index < -0.39 is 0 Å². The van der Waals surface area contributed by atoms with E-state index in [4.69, 9.17) is 4.74 Å². The lowest BCUT2D eigenvalue weighted by Gasteiger charge is -2.14. The number of hydrogen-bond donors (Lipinski definition) is 0. The Kier molecular flexibility index (Phi) is 1.21. The summed E-state index contributed by atoms with van der Waals surface area (Å²) in [5.41, 5.74) is 0. The average molecular weight is 151 g/mol. The van der Waals surface area contributed by atoms with Crippen LogP contribution < -0.4 is 4.74 Å². The highest BCUT2D eigenvalue weighted by Gasteiger charge is 2.13. The molecule has 11 heavy (non-hydrogen) atoms. The summed E-state index contributed by atoms with van der Waals surface area (Å²) < 4.78 is 7.08. The van der Waals surface area contributed by atoms with Gasteiger partial charge in [0.05, 0.1) is 12.4 Å². The van der Waals surface area contributed by atoms with Crippen LogP contribution in [0.3, 0.4) is 0 Å². The van der Waals surface area contributed by atoms with Crippen LogP contribution in [0.15, 0.2) is 11.3 Å². The second kappa shape index (κ2) is 2.08. The Morgan fingerprint density at radius 2 is 2.45 bits per heavy atom. The van der Waals surface area contributed by atoms with Crippen LogP contribution in [0.1, 0.15) is 12.7 Å². The third kappa shape index (κ3) is 0.906. The molecule has 0 aliphatic carbocycles. The van der Waals surface area contributed by atoms with Crippen molar-refractivity contribution in [1.82, 2.24) is 9.66 Å². The number of nitrogens with zero attached hydrogens (tertiary/aromatic N) is 3. The second-order valence-electron chi connectivity index (χ2n) is 2.54. The molecule has 0 fully saturated rings. The zero-order valence-corrected chi connectivity index (χ0v) is 6.48. The van der Waals surface area contributed by atoms with Crippen LogP contribution >= 0.6 is 0 Å². The second-order valence-corrected chi connectivity index (χ2v) is 2.54. The molecule has 2 rings (SSSR count). The van der Waals surface area contributed by atoms with E-state index >= 15 is 0 Å². The monoisotopic (exact) mass is 151 g/mol. The zero-order valence-electron chi connectivity index (χ0n) is 6.48. The number of ether oxygens (including phenoxy) is 1. The quantitative estimate of drug-likeness (QED) is 0.550. The number of imidazole rings is 1. The van der Waals surface area contributed by atoms with Crippen molar-refractivity contribution in [3.63, 3.8) is 0 Å². The fraction of sp³-hybridized carbons (Fsp3) is 0.429. The number of aromatic nitrogens is 2. The summed E-state index contributed by atoms with van der Waals surface area (Å²) in [6.07, 6.45) is 3.49. The van der Waals surface area contributed by atoms with Crippen molar-refractivity contribution in [2.24, 2.45) is 5.10 Å². The van der Waals surface area contributed by atoms with Crippen molar-refractivity contribution in [3.8, 4) is 5.88 Å². The summed E-state index contributed by atoms with van der Waals surface area (Å²) in [6.45, 7) is 3.83. The fourth-order valence-electron chi connectivity index (χ4n) is 1.02. The largest absolute Gasteiger partial charge is 0.468 e. The Morgan fingerprint density at radius 1 is 1.64 bits per heavy atom. The Morgan fingerprint density at radius 3 is 3.27 bits per heavy atom. The molecule has 0 radical (unpaired) electrons. The van der Waals surface area contributed by atoms with E-state index in [0.29, 0.717) is 0 Å². The number of hydrogen-bond acceptors (Lipinski definition) is 3. The first-order valence-electron chi connectivity index (χ1n) is 3.53. The molecular formula is C7H9N3O. The number of fused-ring (bicyclic) bond motifs is 1. The van der Waals surface area contributed by atoms with E-state index in [9.17, 15) is 0 Å². The minimum Gasteiger partial charge on any atom is -0.468 e. The maximum absolute atomic E-state index is 5.40. The predicted molar refractivity (Wildman–Crippen MR) is 40.9 cm³/mol. The van der Waals surface area contributed by atoms with Crippen LogP contribution in [0.4, 0.5) is 0 Å². The minimum atomic E-state index is 0.0543. The summed E-state index contributed by atoms with van der Waals surface area (Å²) in [5.74, 6) is 1.57. The van der Waals surface area contributed by atoms with Gasteiger partial charge in [-0.25, -0.2) is 4.98 Å².